The number of aromatic nitrogens is 1. The number of para-hydroxylation sites is 1. The number of rotatable bonds is 7. The molecule has 0 bridgehead atoms. The summed E-state index contributed by atoms with van der Waals surface area (Å²) in [6, 6.07) is 7.48. The third kappa shape index (κ3) is 4.91. The number of aromatic amines is 1. The van der Waals surface area contributed by atoms with Crippen LogP contribution in [0.5, 0.6) is 0 Å². The fraction of sp³-hybridized carbons (Fsp3) is 0.476. The summed E-state index contributed by atoms with van der Waals surface area (Å²) >= 11 is 0. The van der Waals surface area contributed by atoms with Crippen molar-refractivity contribution in [2.75, 3.05) is 6.54 Å². The van der Waals surface area contributed by atoms with Gasteiger partial charge in [-0.25, -0.2) is 0 Å². The molecule has 0 fully saturated rings. The molecule has 0 radical (unpaired) electrons. The Morgan fingerprint density at radius 2 is 1.71 bits per heavy atom. The number of H-pyrrole nitrogens is 1. The number of hydrogen-bond donors (Lipinski definition) is 4. The van der Waals surface area contributed by atoms with Gasteiger partial charge in [0.25, 0.3) is 0 Å². The molecule has 1 aromatic carbocycles. The van der Waals surface area contributed by atoms with Gasteiger partial charge in [-0.05, 0) is 31.9 Å². The molecule has 0 aliphatic rings. The lowest BCUT2D eigenvalue weighted by Crippen LogP contribution is -2.51. The van der Waals surface area contributed by atoms with Crippen LogP contribution in [0.25, 0.3) is 10.9 Å². The van der Waals surface area contributed by atoms with Gasteiger partial charge in [-0.1, -0.05) is 39.0 Å². The first-order valence-corrected chi connectivity index (χ1v) is 9.30. The lowest BCUT2D eigenvalue weighted by Gasteiger charge is -2.26. The van der Waals surface area contributed by atoms with Crippen LogP contribution in [0.15, 0.2) is 30.5 Å². The zero-order valence-electron chi connectivity index (χ0n) is 17.1. The van der Waals surface area contributed by atoms with Gasteiger partial charge < -0.3 is 20.7 Å². The second-order valence-electron chi connectivity index (χ2n) is 8.62. The largest absolute Gasteiger partial charge is 0.480 e. The Morgan fingerprint density at radius 3 is 2.32 bits per heavy atom. The molecule has 0 saturated heterocycles. The molecule has 1 atom stereocenters. The summed E-state index contributed by atoms with van der Waals surface area (Å²) in [4.78, 5) is 39.3. The topological polar surface area (TPSA) is 111 Å². The van der Waals surface area contributed by atoms with Crippen LogP contribution in [-0.4, -0.2) is 40.5 Å². The zero-order valence-corrected chi connectivity index (χ0v) is 17.1. The van der Waals surface area contributed by atoms with Crippen LogP contribution in [0.1, 0.15) is 40.2 Å². The van der Waals surface area contributed by atoms with Gasteiger partial charge in [0.15, 0.2) is 0 Å². The van der Waals surface area contributed by atoms with E-state index in [0.717, 1.165) is 16.5 Å². The maximum absolute atomic E-state index is 12.5. The number of carboxylic acid groups (broad SMARTS) is 1. The highest BCUT2D eigenvalue weighted by Gasteiger charge is 2.36. The minimum Gasteiger partial charge on any atom is -0.480 e. The number of benzene rings is 1. The molecule has 0 spiro atoms. The first-order chi connectivity index (χ1) is 12.9. The standard InChI is InChI=1S/C21H29N3O4/c1-20(2,3)17(25)24-14(12-23-18(26)21(4,5)19(27)28)10-13-11-22-16-9-7-6-8-15(13)16/h6-9,11,14,22H,10,12H2,1-5H3,(H,23,26)(H,24,25)(H,27,28). The third-order valence-corrected chi connectivity index (χ3v) is 4.77. The van der Waals surface area contributed by atoms with E-state index in [0.29, 0.717) is 6.42 Å². The number of nitrogens with one attached hydrogen (secondary N) is 3. The van der Waals surface area contributed by atoms with Crippen LogP contribution in [0.2, 0.25) is 0 Å². The molecule has 0 aliphatic heterocycles. The predicted molar refractivity (Wildman–Crippen MR) is 108 cm³/mol. The highest BCUT2D eigenvalue weighted by Crippen LogP contribution is 2.20. The Balaban J connectivity index is 2.18. The van der Waals surface area contributed by atoms with Crippen molar-refractivity contribution in [1.82, 2.24) is 15.6 Å². The summed E-state index contributed by atoms with van der Waals surface area (Å²) in [6.07, 6.45) is 2.39. The Labute approximate surface area is 164 Å². The molecule has 2 rings (SSSR count). The SMILES string of the molecule is CC(C)(C)C(=O)NC(CNC(=O)C(C)(C)C(=O)O)Cc1c[nH]c2ccccc12. The molecule has 1 heterocycles. The van der Waals surface area contributed by atoms with E-state index in [1.54, 1.807) is 0 Å². The van der Waals surface area contributed by atoms with Crippen molar-refractivity contribution in [2.45, 2.75) is 47.1 Å². The van der Waals surface area contributed by atoms with Crippen molar-refractivity contribution >= 4 is 28.7 Å². The molecule has 4 N–H and O–H groups in total. The molecule has 0 saturated carbocycles. The molecule has 1 unspecified atom stereocenters. The average molecular weight is 387 g/mol. The number of fused-ring (bicyclic) bond motifs is 1. The highest BCUT2D eigenvalue weighted by atomic mass is 16.4. The van der Waals surface area contributed by atoms with E-state index in [2.05, 4.69) is 15.6 Å². The van der Waals surface area contributed by atoms with E-state index >= 15 is 0 Å². The van der Waals surface area contributed by atoms with Crippen molar-refractivity contribution in [3.05, 3.63) is 36.0 Å². The van der Waals surface area contributed by atoms with Crippen molar-refractivity contribution in [1.29, 1.82) is 0 Å². The predicted octanol–water partition coefficient (Wildman–Crippen LogP) is 2.47. The summed E-state index contributed by atoms with van der Waals surface area (Å²) < 4.78 is 0. The molecular weight excluding hydrogens is 358 g/mol. The molecule has 2 aromatic rings. The number of carbonyl (C=O) groups is 3. The maximum atomic E-state index is 12.5. The van der Waals surface area contributed by atoms with Crippen LogP contribution in [0, 0.1) is 10.8 Å². The Bertz CT molecular complexity index is 877. The Kier molecular flexibility index (Phi) is 6.17. The van der Waals surface area contributed by atoms with E-state index in [1.807, 2.05) is 51.2 Å². The van der Waals surface area contributed by atoms with Crippen molar-refractivity contribution in [2.24, 2.45) is 10.8 Å². The molecule has 28 heavy (non-hydrogen) atoms. The van der Waals surface area contributed by atoms with E-state index in [9.17, 15) is 19.5 Å². The molecule has 152 valence electrons. The summed E-state index contributed by atoms with van der Waals surface area (Å²) in [6.45, 7) is 8.29. The fourth-order valence-corrected chi connectivity index (χ4v) is 2.68. The van der Waals surface area contributed by atoms with E-state index in [4.69, 9.17) is 0 Å². The summed E-state index contributed by atoms with van der Waals surface area (Å²) in [5, 5.41) is 15.9. The first kappa shape index (κ1) is 21.5. The maximum Gasteiger partial charge on any atom is 0.318 e. The number of aliphatic carboxylic acids is 1. The minimum absolute atomic E-state index is 0.135. The normalized spacial score (nSPS) is 13.2. The minimum atomic E-state index is -1.54. The molecule has 7 heteroatoms. The molecule has 0 aliphatic carbocycles. The van der Waals surface area contributed by atoms with Gasteiger partial charge in [0, 0.05) is 29.1 Å². The van der Waals surface area contributed by atoms with Gasteiger partial charge in [0.05, 0.1) is 6.04 Å². The Hall–Kier alpha value is -2.83. The van der Waals surface area contributed by atoms with Crippen LogP contribution in [0.4, 0.5) is 0 Å². The third-order valence-electron chi connectivity index (χ3n) is 4.77. The summed E-state index contributed by atoms with van der Waals surface area (Å²) in [5.41, 5.74) is -0.113. The van der Waals surface area contributed by atoms with Crippen LogP contribution >= 0.6 is 0 Å². The lowest BCUT2D eigenvalue weighted by molar-refractivity contribution is -0.153. The second kappa shape index (κ2) is 8.04. The monoisotopic (exact) mass is 387 g/mol. The second-order valence-corrected chi connectivity index (χ2v) is 8.62. The smallest absolute Gasteiger partial charge is 0.318 e. The van der Waals surface area contributed by atoms with Crippen LogP contribution in [-0.2, 0) is 20.8 Å². The van der Waals surface area contributed by atoms with Crippen molar-refractivity contribution < 1.29 is 19.5 Å². The molecule has 1 aromatic heterocycles. The summed E-state index contributed by atoms with van der Waals surface area (Å²) in [5.74, 6) is -1.92. The van der Waals surface area contributed by atoms with Gasteiger partial charge in [0.2, 0.25) is 11.8 Å². The van der Waals surface area contributed by atoms with Gasteiger partial charge in [-0.2, -0.15) is 0 Å². The van der Waals surface area contributed by atoms with Crippen molar-refractivity contribution in [3.8, 4) is 0 Å². The summed E-state index contributed by atoms with van der Waals surface area (Å²) in [7, 11) is 0. The number of amides is 2. The van der Waals surface area contributed by atoms with Gasteiger partial charge >= 0.3 is 5.97 Å². The van der Waals surface area contributed by atoms with Crippen LogP contribution in [0.3, 0.4) is 0 Å². The van der Waals surface area contributed by atoms with E-state index in [1.165, 1.54) is 13.8 Å². The van der Waals surface area contributed by atoms with E-state index in [-0.39, 0.29) is 18.5 Å². The van der Waals surface area contributed by atoms with E-state index < -0.39 is 22.7 Å². The van der Waals surface area contributed by atoms with Gasteiger partial charge in [-0.15, -0.1) is 0 Å². The first-order valence-electron chi connectivity index (χ1n) is 9.30. The highest BCUT2D eigenvalue weighted by molar-refractivity contribution is 6.01. The molecule has 2 amide bonds. The quantitative estimate of drug-likeness (QED) is 0.547. The molecule has 7 nitrogen and oxygen atoms in total. The Morgan fingerprint density at radius 1 is 1.07 bits per heavy atom. The van der Waals surface area contributed by atoms with Gasteiger partial charge in [0.1, 0.15) is 5.41 Å². The number of carbonyl (C=O) groups excluding carboxylic acids is 2. The zero-order chi connectivity index (χ0) is 21.1. The molecular formula is C21H29N3O4. The average Bonchev–Trinajstić information content (AvgIpc) is 3.01. The van der Waals surface area contributed by atoms with Crippen molar-refractivity contribution in [3.63, 3.8) is 0 Å². The van der Waals surface area contributed by atoms with Gasteiger partial charge in [-0.3, -0.25) is 14.4 Å². The fourth-order valence-electron chi connectivity index (χ4n) is 2.68. The van der Waals surface area contributed by atoms with Crippen LogP contribution < -0.4 is 10.6 Å². The lowest BCUT2D eigenvalue weighted by atomic mass is 9.92. The number of carboxylic acids is 1. The number of hydrogen-bond acceptors (Lipinski definition) is 3.